The first-order valence-corrected chi connectivity index (χ1v) is 5.22. The van der Waals surface area contributed by atoms with Crippen LogP contribution in [0.25, 0.3) is 0 Å². The predicted octanol–water partition coefficient (Wildman–Crippen LogP) is 0.451. The number of nitrogens with zero attached hydrogens (tertiary/aromatic N) is 2. The molecule has 6 nitrogen and oxygen atoms in total. The summed E-state index contributed by atoms with van der Waals surface area (Å²) < 4.78 is 4.83. The lowest BCUT2D eigenvalue weighted by Crippen LogP contribution is -2.27. The molecule has 0 aliphatic heterocycles. The van der Waals surface area contributed by atoms with Gasteiger partial charge in [0, 0.05) is 32.6 Å². The molecule has 1 amide bonds. The van der Waals surface area contributed by atoms with Gasteiger partial charge >= 0.3 is 0 Å². The third kappa shape index (κ3) is 4.60. The third-order valence-electron chi connectivity index (χ3n) is 1.91. The zero-order valence-corrected chi connectivity index (χ0v) is 9.77. The van der Waals surface area contributed by atoms with Crippen LogP contribution >= 0.6 is 0 Å². The van der Waals surface area contributed by atoms with Gasteiger partial charge in [0.15, 0.2) is 0 Å². The van der Waals surface area contributed by atoms with Crippen molar-refractivity contribution in [2.75, 3.05) is 32.1 Å². The second kappa shape index (κ2) is 7.34. The van der Waals surface area contributed by atoms with Gasteiger partial charge in [-0.15, -0.1) is 6.58 Å². The molecule has 17 heavy (non-hydrogen) atoms. The predicted molar refractivity (Wildman–Crippen MR) is 64.9 cm³/mol. The number of ether oxygens (including phenoxy) is 1. The SMILES string of the molecule is C=CCNc1ncc(C(=O)NCCOC)cn1. The summed E-state index contributed by atoms with van der Waals surface area (Å²) in [5.41, 5.74) is 0.422. The molecule has 0 bridgehead atoms. The lowest BCUT2D eigenvalue weighted by molar-refractivity contribution is 0.0936. The number of carbonyl (C=O) groups is 1. The largest absolute Gasteiger partial charge is 0.383 e. The molecule has 6 heteroatoms. The second-order valence-corrected chi connectivity index (χ2v) is 3.21. The number of aromatic nitrogens is 2. The molecule has 92 valence electrons. The number of rotatable bonds is 7. The van der Waals surface area contributed by atoms with Crippen LogP contribution in [0, 0.1) is 0 Å². The maximum absolute atomic E-state index is 11.6. The number of methoxy groups -OCH3 is 1. The Balaban J connectivity index is 2.48. The highest BCUT2D eigenvalue weighted by Gasteiger charge is 2.05. The van der Waals surface area contributed by atoms with E-state index in [-0.39, 0.29) is 5.91 Å². The highest BCUT2D eigenvalue weighted by Crippen LogP contribution is 1.99. The molecule has 0 unspecified atom stereocenters. The quantitative estimate of drug-likeness (QED) is 0.531. The van der Waals surface area contributed by atoms with Gasteiger partial charge in [0.05, 0.1) is 12.2 Å². The molecule has 0 fully saturated rings. The molecule has 0 aliphatic carbocycles. The van der Waals surface area contributed by atoms with E-state index in [2.05, 4.69) is 27.2 Å². The molecular weight excluding hydrogens is 220 g/mol. The van der Waals surface area contributed by atoms with Crippen molar-refractivity contribution >= 4 is 11.9 Å². The van der Waals surface area contributed by atoms with Gasteiger partial charge in [0.2, 0.25) is 5.95 Å². The summed E-state index contributed by atoms with van der Waals surface area (Å²) in [5, 5.41) is 5.60. The van der Waals surface area contributed by atoms with Gasteiger partial charge in [-0.2, -0.15) is 0 Å². The van der Waals surface area contributed by atoms with Crippen molar-refractivity contribution < 1.29 is 9.53 Å². The Morgan fingerprint density at radius 3 is 2.82 bits per heavy atom. The summed E-state index contributed by atoms with van der Waals surface area (Å²) >= 11 is 0. The van der Waals surface area contributed by atoms with Crippen LogP contribution in [-0.2, 0) is 4.74 Å². The molecule has 0 saturated carbocycles. The van der Waals surface area contributed by atoms with Gasteiger partial charge in [0.1, 0.15) is 0 Å². The van der Waals surface area contributed by atoms with Gasteiger partial charge in [-0.1, -0.05) is 6.08 Å². The van der Waals surface area contributed by atoms with Crippen LogP contribution in [0.2, 0.25) is 0 Å². The van der Waals surface area contributed by atoms with E-state index < -0.39 is 0 Å². The smallest absolute Gasteiger partial charge is 0.254 e. The average molecular weight is 236 g/mol. The fourth-order valence-corrected chi connectivity index (χ4v) is 1.07. The van der Waals surface area contributed by atoms with Crippen molar-refractivity contribution in [3.05, 3.63) is 30.6 Å². The molecule has 0 saturated heterocycles. The Morgan fingerprint density at radius 2 is 2.24 bits per heavy atom. The number of nitrogens with one attached hydrogen (secondary N) is 2. The van der Waals surface area contributed by atoms with Crippen LogP contribution in [0.4, 0.5) is 5.95 Å². The summed E-state index contributed by atoms with van der Waals surface area (Å²) in [4.78, 5) is 19.6. The maximum Gasteiger partial charge on any atom is 0.254 e. The Morgan fingerprint density at radius 1 is 1.53 bits per heavy atom. The van der Waals surface area contributed by atoms with Crippen LogP contribution in [-0.4, -0.2) is 42.7 Å². The molecule has 1 rings (SSSR count). The van der Waals surface area contributed by atoms with Crippen LogP contribution < -0.4 is 10.6 Å². The molecule has 1 heterocycles. The third-order valence-corrected chi connectivity index (χ3v) is 1.91. The second-order valence-electron chi connectivity index (χ2n) is 3.21. The van der Waals surface area contributed by atoms with Crippen LogP contribution in [0.3, 0.4) is 0 Å². The van der Waals surface area contributed by atoms with E-state index in [0.29, 0.717) is 31.2 Å². The number of anilines is 1. The normalized spacial score (nSPS) is 9.71. The highest BCUT2D eigenvalue weighted by atomic mass is 16.5. The lowest BCUT2D eigenvalue weighted by Gasteiger charge is -2.05. The fourth-order valence-electron chi connectivity index (χ4n) is 1.07. The summed E-state index contributed by atoms with van der Waals surface area (Å²) in [5.74, 6) is 0.260. The van der Waals surface area contributed by atoms with Crippen molar-refractivity contribution in [3.63, 3.8) is 0 Å². The number of hydrogen-bond donors (Lipinski definition) is 2. The van der Waals surface area contributed by atoms with Gasteiger partial charge in [-0.3, -0.25) is 4.79 Å². The van der Waals surface area contributed by atoms with Crippen LogP contribution in [0.1, 0.15) is 10.4 Å². The Labute approximate surface area is 100 Å². The van der Waals surface area contributed by atoms with E-state index in [4.69, 9.17) is 4.74 Å². The van der Waals surface area contributed by atoms with Crippen LogP contribution in [0.5, 0.6) is 0 Å². The van der Waals surface area contributed by atoms with Gasteiger partial charge in [0.25, 0.3) is 5.91 Å². The summed E-state index contributed by atoms with van der Waals surface area (Å²) in [6.45, 7) is 5.09. The summed E-state index contributed by atoms with van der Waals surface area (Å²) in [6, 6.07) is 0. The molecule has 0 atom stereocenters. The van der Waals surface area contributed by atoms with Crippen molar-refractivity contribution in [2.24, 2.45) is 0 Å². The first kappa shape index (κ1) is 13.1. The van der Waals surface area contributed by atoms with Crippen molar-refractivity contribution in [1.82, 2.24) is 15.3 Å². The van der Waals surface area contributed by atoms with Crippen LogP contribution in [0.15, 0.2) is 25.0 Å². The van der Waals surface area contributed by atoms with Gasteiger partial charge < -0.3 is 15.4 Å². The Bertz CT molecular complexity index is 364. The minimum atomic E-state index is -0.211. The molecule has 1 aromatic heterocycles. The molecule has 0 radical (unpaired) electrons. The van der Waals surface area contributed by atoms with Crippen molar-refractivity contribution in [2.45, 2.75) is 0 Å². The van der Waals surface area contributed by atoms with E-state index in [9.17, 15) is 4.79 Å². The summed E-state index contributed by atoms with van der Waals surface area (Å²) in [7, 11) is 1.58. The average Bonchev–Trinajstić information content (AvgIpc) is 2.37. The minimum absolute atomic E-state index is 0.211. The molecular formula is C11H16N4O2. The number of hydrogen-bond acceptors (Lipinski definition) is 5. The standard InChI is InChI=1S/C11H16N4O2/c1-3-4-13-11-14-7-9(8-15-11)10(16)12-5-6-17-2/h3,7-8H,1,4-6H2,2H3,(H,12,16)(H,13,14,15). The molecule has 2 N–H and O–H groups in total. The van der Waals surface area contributed by atoms with E-state index in [0.717, 1.165) is 0 Å². The zero-order chi connectivity index (χ0) is 12.5. The first-order valence-electron chi connectivity index (χ1n) is 5.22. The van der Waals surface area contributed by atoms with E-state index in [1.165, 1.54) is 12.4 Å². The number of amides is 1. The topological polar surface area (TPSA) is 76.1 Å². The lowest BCUT2D eigenvalue weighted by atomic mass is 10.3. The van der Waals surface area contributed by atoms with Crippen molar-refractivity contribution in [1.29, 1.82) is 0 Å². The Kier molecular flexibility index (Phi) is 5.67. The molecule has 0 aliphatic rings. The monoisotopic (exact) mass is 236 g/mol. The van der Waals surface area contributed by atoms with E-state index in [1.54, 1.807) is 13.2 Å². The van der Waals surface area contributed by atoms with E-state index in [1.807, 2.05) is 0 Å². The molecule has 0 spiro atoms. The maximum atomic E-state index is 11.6. The fraction of sp³-hybridized carbons (Fsp3) is 0.364. The summed E-state index contributed by atoms with van der Waals surface area (Å²) in [6.07, 6.45) is 4.65. The van der Waals surface area contributed by atoms with E-state index >= 15 is 0 Å². The van der Waals surface area contributed by atoms with Crippen molar-refractivity contribution in [3.8, 4) is 0 Å². The van der Waals surface area contributed by atoms with Gasteiger partial charge in [-0.25, -0.2) is 9.97 Å². The first-order chi connectivity index (χ1) is 8.27. The zero-order valence-electron chi connectivity index (χ0n) is 9.77. The molecule has 0 aromatic carbocycles. The molecule has 1 aromatic rings. The van der Waals surface area contributed by atoms with Gasteiger partial charge in [-0.05, 0) is 0 Å². The minimum Gasteiger partial charge on any atom is -0.383 e. The highest BCUT2D eigenvalue weighted by molar-refractivity contribution is 5.93. The Hall–Kier alpha value is -1.95. The number of carbonyl (C=O) groups excluding carboxylic acids is 1.